The minimum Gasteiger partial charge on any atom is -0.454 e. The van der Waals surface area contributed by atoms with Gasteiger partial charge in [0.2, 0.25) is 12.7 Å². The number of morpholine rings is 1. The van der Waals surface area contributed by atoms with Gasteiger partial charge in [0, 0.05) is 25.9 Å². The minimum absolute atomic E-state index is 0.0700. The summed E-state index contributed by atoms with van der Waals surface area (Å²) in [6.45, 7) is 2.21. The van der Waals surface area contributed by atoms with Crippen molar-refractivity contribution in [2.75, 3.05) is 26.5 Å². The second kappa shape index (κ2) is 7.79. The van der Waals surface area contributed by atoms with Gasteiger partial charge in [-0.2, -0.15) is 0 Å². The molecule has 4 rings (SSSR count). The SMILES string of the molecule is O=C(CCc1ccc2c(c1)OCO2)N1CCO[C@H](Cc2ccccc2)C1. The molecule has 0 aliphatic carbocycles. The zero-order valence-corrected chi connectivity index (χ0v) is 14.7. The van der Waals surface area contributed by atoms with Crippen LogP contribution in [0.2, 0.25) is 0 Å². The third kappa shape index (κ3) is 3.99. The van der Waals surface area contributed by atoms with Gasteiger partial charge in [0.1, 0.15) is 0 Å². The molecule has 0 spiro atoms. The van der Waals surface area contributed by atoms with Gasteiger partial charge in [0.25, 0.3) is 0 Å². The van der Waals surface area contributed by atoms with Crippen LogP contribution in [0.1, 0.15) is 17.5 Å². The van der Waals surface area contributed by atoms with Crippen molar-refractivity contribution in [3.63, 3.8) is 0 Å². The van der Waals surface area contributed by atoms with Gasteiger partial charge in [0.05, 0.1) is 12.7 Å². The third-order valence-corrected chi connectivity index (χ3v) is 4.86. The summed E-state index contributed by atoms with van der Waals surface area (Å²) in [6.07, 6.45) is 2.11. The second-order valence-corrected chi connectivity index (χ2v) is 6.71. The number of benzene rings is 2. The highest BCUT2D eigenvalue weighted by Crippen LogP contribution is 2.32. The predicted octanol–water partition coefficient (Wildman–Crippen LogP) is 2.82. The van der Waals surface area contributed by atoms with E-state index in [1.165, 1.54) is 5.56 Å². The number of aryl methyl sites for hydroxylation is 1. The Kier molecular flexibility index (Phi) is 5.07. The summed E-state index contributed by atoms with van der Waals surface area (Å²) in [6, 6.07) is 16.2. The Balaban J connectivity index is 1.30. The molecule has 2 aromatic carbocycles. The van der Waals surface area contributed by atoms with E-state index in [2.05, 4.69) is 12.1 Å². The number of nitrogens with zero attached hydrogens (tertiary/aromatic N) is 1. The molecule has 0 aromatic heterocycles. The Morgan fingerprint density at radius 3 is 2.77 bits per heavy atom. The van der Waals surface area contributed by atoms with E-state index >= 15 is 0 Å². The molecule has 0 N–H and O–H groups in total. The molecule has 2 aromatic rings. The van der Waals surface area contributed by atoms with Crippen molar-refractivity contribution >= 4 is 5.91 Å². The number of fused-ring (bicyclic) bond motifs is 1. The molecule has 2 aliphatic heterocycles. The molecule has 0 bridgehead atoms. The number of carbonyl (C=O) groups is 1. The molecule has 0 radical (unpaired) electrons. The lowest BCUT2D eigenvalue weighted by Gasteiger charge is -2.33. The molecule has 1 amide bonds. The average Bonchev–Trinajstić information content (AvgIpc) is 3.15. The van der Waals surface area contributed by atoms with Gasteiger partial charge in [0.15, 0.2) is 11.5 Å². The van der Waals surface area contributed by atoms with E-state index in [0.29, 0.717) is 32.5 Å². The van der Waals surface area contributed by atoms with Gasteiger partial charge < -0.3 is 19.1 Å². The molecular formula is C21H23NO4. The van der Waals surface area contributed by atoms with Crippen molar-refractivity contribution in [2.24, 2.45) is 0 Å². The zero-order chi connectivity index (χ0) is 17.8. The first-order valence-corrected chi connectivity index (χ1v) is 9.10. The molecule has 5 nitrogen and oxygen atoms in total. The summed E-state index contributed by atoms with van der Waals surface area (Å²) >= 11 is 0. The molecule has 0 saturated carbocycles. The predicted molar refractivity (Wildman–Crippen MR) is 97.4 cm³/mol. The van der Waals surface area contributed by atoms with Crippen LogP contribution < -0.4 is 9.47 Å². The Morgan fingerprint density at radius 2 is 1.88 bits per heavy atom. The van der Waals surface area contributed by atoms with E-state index in [1.54, 1.807) is 0 Å². The Labute approximate surface area is 153 Å². The molecule has 1 fully saturated rings. The van der Waals surface area contributed by atoms with Gasteiger partial charge in [-0.15, -0.1) is 0 Å². The highest BCUT2D eigenvalue weighted by atomic mass is 16.7. The van der Waals surface area contributed by atoms with Crippen LogP contribution in [0.15, 0.2) is 48.5 Å². The maximum Gasteiger partial charge on any atom is 0.231 e. The lowest BCUT2D eigenvalue weighted by atomic mass is 10.1. The van der Waals surface area contributed by atoms with Gasteiger partial charge in [-0.1, -0.05) is 36.4 Å². The third-order valence-electron chi connectivity index (χ3n) is 4.86. The number of rotatable bonds is 5. The fourth-order valence-corrected chi connectivity index (χ4v) is 3.45. The van der Waals surface area contributed by atoms with Crippen LogP contribution in [0.4, 0.5) is 0 Å². The minimum atomic E-state index is 0.0700. The van der Waals surface area contributed by atoms with Crippen molar-refractivity contribution in [1.29, 1.82) is 0 Å². The largest absolute Gasteiger partial charge is 0.454 e. The summed E-state index contributed by atoms with van der Waals surface area (Å²) in [5, 5.41) is 0. The maximum atomic E-state index is 12.6. The van der Waals surface area contributed by atoms with Crippen LogP contribution in [-0.4, -0.2) is 43.4 Å². The van der Waals surface area contributed by atoms with Crippen LogP contribution >= 0.6 is 0 Å². The van der Waals surface area contributed by atoms with E-state index in [0.717, 1.165) is 23.5 Å². The van der Waals surface area contributed by atoms with Crippen molar-refractivity contribution < 1.29 is 19.0 Å². The van der Waals surface area contributed by atoms with Crippen molar-refractivity contribution in [1.82, 2.24) is 4.90 Å². The first kappa shape index (κ1) is 16.9. The zero-order valence-electron chi connectivity index (χ0n) is 14.7. The first-order chi connectivity index (χ1) is 12.8. The summed E-state index contributed by atoms with van der Waals surface area (Å²) < 4.78 is 16.6. The molecule has 1 atom stereocenters. The van der Waals surface area contributed by atoms with Crippen molar-refractivity contribution in [2.45, 2.75) is 25.4 Å². The molecule has 0 unspecified atom stereocenters. The standard InChI is InChI=1S/C21H23NO4/c23-21(9-7-17-6-8-19-20(13-17)26-15-25-19)22-10-11-24-18(14-22)12-16-4-2-1-3-5-16/h1-6,8,13,18H,7,9-12,14-15H2/t18-/m1/s1. The van der Waals surface area contributed by atoms with Crippen molar-refractivity contribution in [3.05, 3.63) is 59.7 Å². The summed E-state index contributed by atoms with van der Waals surface area (Å²) in [4.78, 5) is 14.6. The highest BCUT2D eigenvalue weighted by Gasteiger charge is 2.24. The summed E-state index contributed by atoms with van der Waals surface area (Å²) in [7, 11) is 0. The summed E-state index contributed by atoms with van der Waals surface area (Å²) in [5.41, 5.74) is 2.34. The molecular weight excluding hydrogens is 330 g/mol. The van der Waals surface area contributed by atoms with Gasteiger partial charge >= 0.3 is 0 Å². The van der Waals surface area contributed by atoms with Gasteiger partial charge in [-0.25, -0.2) is 0 Å². The average molecular weight is 353 g/mol. The van der Waals surface area contributed by atoms with E-state index in [9.17, 15) is 4.79 Å². The van der Waals surface area contributed by atoms with E-state index in [1.807, 2.05) is 41.3 Å². The molecule has 26 heavy (non-hydrogen) atoms. The monoisotopic (exact) mass is 353 g/mol. The highest BCUT2D eigenvalue weighted by molar-refractivity contribution is 5.76. The van der Waals surface area contributed by atoms with E-state index in [-0.39, 0.29) is 18.8 Å². The lowest BCUT2D eigenvalue weighted by molar-refractivity contribution is -0.138. The number of amides is 1. The normalized spacial score (nSPS) is 18.8. The Bertz CT molecular complexity index is 762. The van der Waals surface area contributed by atoms with Crippen LogP contribution in [-0.2, 0) is 22.4 Å². The number of carbonyl (C=O) groups excluding carboxylic acids is 1. The van der Waals surface area contributed by atoms with E-state index in [4.69, 9.17) is 14.2 Å². The van der Waals surface area contributed by atoms with Gasteiger partial charge in [-0.05, 0) is 29.7 Å². The molecule has 5 heteroatoms. The van der Waals surface area contributed by atoms with Gasteiger partial charge in [-0.3, -0.25) is 4.79 Å². The quantitative estimate of drug-likeness (QED) is 0.829. The number of hydrogen-bond acceptors (Lipinski definition) is 4. The fraction of sp³-hybridized carbons (Fsp3) is 0.381. The van der Waals surface area contributed by atoms with Crippen LogP contribution in [0.3, 0.4) is 0 Å². The number of hydrogen-bond donors (Lipinski definition) is 0. The van der Waals surface area contributed by atoms with Crippen LogP contribution in [0.25, 0.3) is 0 Å². The van der Waals surface area contributed by atoms with Crippen molar-refractivity contribution in [3.8, 4) is 11.5 Å². The number of ether oxygens (including phenoxy) is 3. The first-order valence-electron chi connectivity index (χ1n) is 9.10. The second-order valence-electron chi connectivity index (χ2n) is 6.71. The van der Waals surface area contributed by atoms with Crippen LogP contribution in [0, 0.1) is 0 Å². The molecule has 2 heterocycles. The molecule has 2 aliphatic rings. The van der Waals surface area contributed by atoms with Crippen LogP contribution in [0.5, 0.6) is 11.5 Å². The van der Waals surface area contributed by atoms with E-state index < -0.39 is 0 Å². The molecule has 136 valence electrons. The Hall–Kier alpha value is -2.53. The summed E-state index contributed by atoms with van der Waals surface area (Å²) in [5.74, 6) is 1.73. The topological polar surface area (TPSA) is 48.0 Å². The smallest absolute Gasteiger partial charge is 0.231 e. The molecule has 1 saturated heterocycles. The Morgan fingerprint density at radius 1 is 1.04 bits per heavy atom. The maximum absolute atomic E-state index is 12.6. The fourth-order valence-electron chi connectivity index (χ4n) is 3.45. The lowest BCUT2D eigenvalue weighted by Crippen LogP contribution is -2.46.